The molecule has 20 heavy (non-hydrogen) atoms. The van der Waals surface area contributed by atoms with Crippen molar-refractivity contribution in [3.05, 3.63) is 53.4 Å². The number of nitrogens with one attached hydrogen (secondary N) is 1. The highest BCUT2D eigenvalue weighted by atomic mass is 35.5. The van der Waals surface area contributed by atoms with Crippen molar-refractivity contribution in [3.63, 3.8) is 0 Å². The Morgan fingerprint density at radius 3 is 2.80 bits per heavy atom. The van der Waals surface area contributed by atoms with Crippen molar-refractivity contribution in [2.24, 2.45) is 5.10 Å². The van der Waals surface area contributed by atoms with Crippen LogP contribution in [-0.4, -0.2) is 18.2 Å². The van der Waals surface area contributed by atoms with Crippen molar-refractivity contribution in [3.8, 4) is 5.75 Å². The van der Waals surface area contributed by atoms with E-state index < -0.39 is 6.10 Å². The number of hydrazone groups is 1. The van der Waals surface area contributed by atoms with Gasteiger partial charge in [0.2, 0.25) is 0 Å². The average molecular weight is 293 g/mol. The van der Waals surface area contributed by atoms with Gasteiger partial charge >= 0.3 is 0 Å². The summed E-state index contributed by atoms with van der Waals surface area (Å²) in [6.45, 7) is 1.63. The maximum Gasteiger partial charge on any atom is 0.280 e. The number of hydrogen-bond donors (Lipinski definition) is 1. The monoisotopic (exact) mass is 292 g/mol. The van der Waals surface area contributed by atoms with Crippen LogP contribution in [0.15, 0.2) is 52.2 Å². The molecule has 2 aromatic rings. The van der Waals surface area contributed by atoms with Gasteiger partial charge in [0, 0.05) is 5.02 Å². The maximum atomic E-state index is 11.7. The third-order valence-electron chi connectivity index (χ3n) is 2.41. The van der Waals surface area contributed by atoms with Gasteiger partial charge in [0.05, 0.1) is 12.5 Å². The van der Waals surface area contributed by atoms with Gasteiger partial charge in [-0.15, -0.1) is 0 Å². The van der Waals surface area contributed by atoms with Gasteiger partial charge in [-0.05, 0) is 43.3 Å². The third kappa shape index (κ3) is 4.13. The molecule has 1 heterocycles. The molecular formula is C14H13ClN2O3. The van der Waals surface area contributed by atoms with E-state index in [-0.39, 0.29) is 5.91 Å². The molecule has 0 aliphatic carbocycles. The summed E-state index contributed by atoms with van der Waals surface area (Å²) in [7, 11) is 0. The van der Waals surface area contributed by atoms with Gasteiger partial charge in [0.1, 0.15) is 11.5 Å². The summed E-state index contributed by atoms with van der Waals surface area (Å²) in [5.74, 6) is 0.756. The normalized spacial score (nSPS) is 12.3. The second kappa shape index (κ2) is 6.77. The number of amides is 1. The summed E-state index contributed by atoms with van der Waals surface area (Å²) >= 11 is 5.77. The fraction of sp³-hybridized carbons (Fsp3) is 0.143. The largest absolute Gasteiger partial charge is 0.481 e. The number of furan rings is 1. The molecule has 1 aromatic carbocycles. The number of ether oxygens (including phenoxy) is 1. The van der Waals surface area contributed by atoms with E-state index in [1.54, 1.807) is 43.3 Å². The number of carbonyl (C=O) groups is 1. The molecule has 1 N–H and O–H groups in total. The molecular weight excluding hydrogens is 280 g/mol. The van der Waals surface area contributed by atoms with Gasteiger partial charge in [-0.2, -0.15) is 5.10 Å². The van der Waals surface area contributed by atoms with Crippen LogP contribution in [0.2, 0.25) is 5.02 Å². The molecule has 5 nitrogen and oxygen atoms in total. The van der Waals surface area contributed by atoms with Gasteiger partial charge in [0.25, 0.3) is 5.91 Å². The van der Waals surface area contributed by atoms with Crippen molar-refractivity contribution in [1.82, 2.24) is 5.43 Å². The first kappa shape index (κ1) is 14.1. The second-order valence-electron chi connectivity index (χ2n) is 3.96. The predicted octanol–water partition coefficient (Wildman–Crippen LogP) is 2.85. The molecule has 1 amide bonds. The minimum Gasteiger partial charge on any atom is -0.481 e. The molecule has 0 saturated carbocycles. The van der Waals surface area contributed by atoms with Crippen molar-refractivity contribution >= 4 is 23.7 Å². The summed E-state index contributed by atoms with van der Waals surface area (Å²) in [5, 5.41) is 4.38. The van der Waals surface area contributed by atoms with Crippen LogP contribution in [0.3, 0.4) is 0 Å². The molecule has 0 aliphatic heterocycles. The van der Waals surface area contributed by atoms with Crippen LogP contribution in [0.4, 0.5) is 0 Å². The molecule has 2 rings (SSSR count). The molecule has 0 bridgehead atoms. The molecule has 0 fully saturated rings. The highest BCUT2D eigenvalue weighted by Gasteiger charge is 2.13. The number of benzene rings is 1. The molecule has 104 valence electrons. The first-order valence-electron chi connectivity index (χ1n) is 5.94. The topological polar surface area (TPSA) is 63.8 Å². The average Bonchev–Trinajstić information content (AvgIpc) is 2.94. The number of nitrogens with zero attached hydrogens (tertiary/aromatic N) is 1. The van der Waals surface area contributed by atoms with Crippen LogP contribution in [0.1, 0.15) is 12.7 Å². The lowest BCUT2D eigenvalue weighted by Gasteiger charge is -2.12. The van der Waals surface area contributed by atoms with Gasteiger partial charge in [-0.3, -0.25) is 4.79 Å². The second-order valence-corrected chi connectivity index (χ2v) is 4.40. The van der Waals surface area contributed by atoms with Crippen LogP contribution >= 0.6 is 11.6 Å². The third-order valence-corrected chi connectivity index (χ3v) is 2.66. The molecule has 0 radical (unpaired) electrons. The van der Waals surface area contributed by atoms with Gasteiger partial charge in [-0.25, -0.2) is 5.43 Å². The fourth-order valence-corrected chi connectivity index (χ4v) is 1.51. The first-order valence-corrected chi connectivity index (χ1v) is 6.31. The van der Waals surface area contributed by atoms with Crippen molar-refractivity contribution in [2.45, 2.75) is 13.0 Å². The highest BCUT2D eigenvalue weighted by molar-refractivity contribution is 6.30. The van der Waals surface area contributed by atoms with Crippen LogP contribution < -0.4 is 10.2 Å². The van der Waals surface area contributed by atoms with E-state index in [2.05, 4.69) is 10.5 Å². The molecule has 0 aliphatic rings. The van der Waals surface area contributed by atoms with Crippen molar-refractivity contribution in [1.29, 1.82) is 0 Å². The van der Waals surface area contributed by atoms with Crippen LogP contribution in [-0.2, 0) is 4.79 Å². The smallest absolute Gasteiger partial charge is 0.280 e. The summed E-state index contributed by atoms with van der Waals surface area (Å²) in [5.41, 5.74) is 2.37. The SMILES string of the molecule is C[C@@H](Oc1ccc(Cl)cc1)C(=O)N/N=C\c1ccco1. The van der Waals surface area contributed by atoms with E-state index in [4.69, 9.17) is 20.8 Å². The Kier molecular flexibility index (Phi) is 4.79. The number of carbonyl (C=O) groups excluding carboxylic acids is 1. The van der Waals surface area contributed by atoms with Crippen LogP contribution in [0, 0.1) is 0 Å². The Labute approximate surface area is 121 Å². The fourth-order valence-electron chi connectivity index (χ4n) is 1.39. The summed E-state index contributed by atoms with van der Waals surface area (Å²) in [6, 6.07) is 10.2. The lowest BCUT2D eigenvalue weighted by Crippen LogP contribution is -2.33. The van der Waals surface area contributed by atoms with E-state index in [1.165, 1.54) is 12.5 Å². The summed E-state index contributed by atoms with van der Waals surface area (Å²) in [6.07, 6.45) is 2.26. The zero-order valence-electron chi connectivity index (χ0n) is 10.7. The number of halogens is 1. The molecule has 1 aromatic heterocycles. The molecule has 1 atom stereocenters. The minimum atomic E-state index is -0.676. The number of hydrogen-bond acceptors (Lipinski definition) is 4. The predicted molar refractivity (Wildman–Crippen MR) is 76.0 cm³/mol. The lowest BCUT2D eigenvalue weighted by atomic mass is 10.3. The Balaban J connectivity index is 1.84. The van der Waals surface area contributed by atoms with Crippen molar-refractivity contribution in [2.75, 3.05) is 0 Å². The molecule has 0 spiro atoms. The highest BCUT2D eigenvalue weighted by Crippen LogP contribution is 2.16. The zero-order valence-corrected chi connectivity index (χ0v) is 11.5. The van der Waals surface area contributed by atoms with E-state index in [0.717, 1.165) is 0 Å². The van der Waals surface area contributed by atoms with E-state index in [9.17, 15) is 4.79 Å². The first-order chi connectivity index (χ1) is 9.65. The van der Waals surface area contributed by atoms with E-state index in [1.807, 2.05) is 0 Å². The molecule has 0 saturated heterocycles. The lowest BCUT2D eigenvalue weighted by molar-refractivity contribution is -0.127. The Hall–Kier alpha value is -2.27. The quantitative estimate of drug-likeness (QED) is 0.681. The van der Waals surface area contributed by atoms with E-state index in [0.29, 0.717) is 16.5 Å². The summed E-state index contributed by atoms with van der Waals surface area (Å²) in [4.78, 5) is 11.7. The molecule has 6 heteroatoms. The maximum absolute atomic E-state index is 11.7. The standard InChI is InChI=1S/C14H13ClN2O3/c1-10(20-12-6-4-11(15)5-7-12)14(18)17-16-9-13-3-2-8-19-13/h2-10H,1H3,(H,17,18)/b16-9-/t10-/m1/s1. The van der Waals surface area contributed by atoms with Crippen LogP contribution in [0.25, 0.3) is 0 Å². The van der Waals surface area contributed by atoms with Crippen LogP contribution in [0.5, 0.6) is 5.75 Å². The number of rotatable bonds is 5. The van der Waals surface area contributed by atoms with Gasteiger partial charge < -0.3 is 9.15 Å². The Morgan fingerprint density at radius 2 is 2.15 bits per heavy atom. The molecule has 0 unspecified atom stereocenters. The Bertz CT molecular complexity index is 579. The van der Waals surface area contributed by atoms with E-state index >= 15 is 0 Å². The van der Waals surface area contributed by atoms with Gasteiger partial charge in [0.15, 0.2) is 6.10 Å². The Morgan fingerprint density at radius 1 is 1.40 bits per heavy atom. The van der Waals surface area contributed by atoms with Crippen molar-refractivity contribution < 1.29 is 13.9 Å². The van der Waals surface area contributed by atoms with Gasteiger partial charge in [-0.1, -0.05) is 11.6 Å². The summed E-state index contributed by atoms with van der Waals surface area (Å²) < 4.78 is 10.5. The zero-order chi connectivity index (χ0) is 14.4. The minimum absolute atomic E-state index is 0.359.